The normalized spacial score (nSPS) is 79.1. The lowest BCUT2D eigenvalue weighted by atomic mass is 9.73. The molecule has 0 amide bonds. The molecule has 0 aromatic heterocycles. The lowest BCUT2D eigenvalue weighted by Gasteiger charge is -2.31. The molecule has 2 saturated heterocycles. The van der Waals surface area contributed by atoms with E-state index in [0.717, 1.165) is 6.92 Å². The third-order valence-corrected chi connectivity index (χ3v) is 2.48. The summed E-state index contributed by atoms with van der Waals surface area (Å²) < 4.78 is 58.3. The van der Waals surface area contributed by atoms with E-state index in [9.17, 15) is 5.11 Å². The van der Waals surface area contributed by atoms with Crippen molar-refractivity contribution in [3.63, 3.8) is 0 Å². The predicted octanol–water partition coefficient (Wildman–Crippen LogP) is 1.40. The first kappa shape index (κ1) is 5.28. The first-order chi connectivity index (χ1) is 8.53. The minimum Gasteiger partial charge on any atom is -0.390 e. The molecule has 5 atom stereocenters. The highest BCUT2D eigenvalue weighted by Crippen LogP contribution is 2.46. The van der Waals surface area contributed by atoms with Gasteiger partial charge in [-0.1, -0.05) is 20.8 Å². The zero-order valence-electron chi connectivity index (χ0n) is 14.8. The van der Waals surface area contributed by atoms with Crippen LogP contribution in [0.5, 0.6) is 0 Å². The van der Waals surface area contributed by atoms with Crippen molar-refractivity contribution in [3.05, 3.63) is 0 Å². The van der Waals surface area contributed by atoms with Gasteiger partial charge in [-0.3, -0.25) is 0 Å². The van der Waals surface area contributed by atoms with E-state index in [4.69, 9.17) is 17.7 Å². The molecule has 82 valence electrons. The maximum atomic E-state index is 10.4. The number of ether oxygens (including phenoxy) is 2. The van der Waals surface area contributed by atoms with Crippen LogP contribution in [0.25, 0.3) is 0 Å². The second-order valence-corrected chi connectivity index (χ2v) is 4.73. The molecule has 0 aromatic carbocycles. The molecule has 0 saturated carbocycles. The van der Waals surface area contributed by atoms with Gasteiger partial charge in [0.25, 0.3) is 0 Å². The number of hydrogen-bond donors (Lipinski definition) is 1. The van der Waals surface area contributed by atoms with E-state index in [1.807, 2.05) is 0 Å². The molecule has 0 radical (unpaired) electrons. The molecule has 0 bridgehead atoms. The second-order valence-electron chi connectivity index (χ2n) is 4.73. The minimum absolute atomic E-state index is 0.882. The summed E-state index contributed by atoms with van der Waals surface area (Å²) in [6.45, 7) is 3.56. The molecule has 2 rings (SSSR count). The number of aliphatic hydroxyl groups is 1. The standard InChI is InChI=1S/C11H20O3/c1-6-9(12)8-7(11(2,3)4)5-13-10(8)14-6/h6-10,12H,5H2,1-4H3/i5D2,6D,8D,9D,10D. The Kier molecular flexibility index (Phi) is 1.20. The molecule has 2 heterocycles. The van der Waals surface area contributed by atoms with E-state index < -0.39 is 42.2 Å². The SMILES string of the molecule is [2H]C1([2H])OC2([2H])OC([2H])(C)C([2H])(O)C2([2H])C1C(C)(C)C. The Morgan fingerprint density at radius 2 is 2.14 bits per heavy atom. The van der Waals surface area contributed by atoms with Gasteiger partial charge in [-0.25, -0.2) is 0 Å². The van der Waals surface area contributed by atoms with Crippen LogP contribution in [0.4, 0.5) is 0 Å². The zero-order chi connectivity index (χ0) is 16.0. The van der Waals surface area contributed by atoms with Gasteiger partial charge in [0.2, 0.25) is 0 Å². The van der Waals surface area contributed by atoms with Crippen molar-refractivity contribution in [1.29, 1.82) is 0 Å². The Hall–Kier alpha value is -0.120. The van der Waals surface area contributed by atoms with Gasteiger partial charge in [-0.05, 0) is 18.3 Å². The molecule has 2 aliphatic heterocycles. The highest BCUT2D eigenvalue weighted by molar-refractivity contribution is 4.96. The first-order valence-electron chi connectivity index (χ1n) is 7.66. The van der Waals surface area contributed by atoms with Crippen molar-refractivity contribution in [2.75, 3.05) is 6.56 Å². The number of rotatable bonds is 0. The van der Waals surface area contributed by atoms with Gasteiger partial charge < -0.3 is 14.6 Å². The Bertz CT molecular complexity index is 446. The number of fused-ring (bicyclic) bond motifs is 1. The van der Waals surface area contributed by atoms with Crippen molar-refractivity contribution in [2.45, 2.75) is 46.1 Å². The third-order valence-electron chi connectivity index (χ3n) is 2.48. The Morgan fingerprint density at radius 3 is 2.71 bits per heavy atom. The van der Waals surface area contributed by atoms with Gasteiger partial charge in [0.1, 0.15) is 0 Å². The van der Waals surface area contributed by atoms with E-state index in [0.29, 0.717) is 0 Å². The minimum atomic E-state index is -2.82. The van der Waals surface area contributed by atoms with Crippen molar-refractivity contribution in [2.24, 2.45) is 17.2 Å². The smallest absolute Gasteiger partial charge is 0.163 e. The molecule has 14 heavy (non-hydrogen) atoms. The van der Waals surface area contributed by atoms with Crippen molar-refractivity contribution < 1.29 is 22.8 Å². The average Bonchev–Trinajstić information content (AvgIpc) is 2.31. The summed E-state index contributed by atoms with van der Waals surface area (Å²) >= 11 is 0. The molecule has 5 unspecified atom stereocenters. The van der Waals surface area contributed by atoms with Gasteiger partial charge in [-0.2, -0.15) is 0 Å². The summed E-state index contributed by atoms with van der Waals surface area (Å²) in [6, 6.07) is 0. The quantitative estimate of drug-likeness (QED) is 0.651. The molecule has 0 spiro atoms. The molecule has 0 aromatic rings. The van der Waals surface area contributed by atoms with E-state index in [1.54, 1.807) is 20.8 Å². The van der Waals surface area contributed by atoms with Crippen LogP contribution in [-0.4, -0.2) is 30.1 Å². The average molecular weight is 206 g/mol. The highest BCUT2D eigenvalue weighted by atomic mass is 16.7. The van der Waals surface area contributed by atoms with Crippen molar-refractivity contribution in [3.8, 4) is 0 Å². The maximum absolute atomic E-state index is 10.4. The van der Waals surface area contributed by atoms with Crippen LogP contribution in [-0.2, 0) is 9.47 Å². The fourth-order valence-corrected chi connectivity index (χ4v) is 1.64. The molecular weight excluding hydrogens is 180 g/mol. The monoisotopic (exact) mass is 206 g/mol. The maximum Gasteiger partial charge on any atom is 0.163 e. The van der Waals surface area contributed by atoms with E-state index in [2.05, 4.69) is 0 Å². The lowest BCUT2D eigenvalue weighted by molar-refractivity contribution is -0.115. The first-order valence-corrected chi connectivity index (χ1v) is 4.66. The highest BCUT2D eigenvalue weighted by Gasteiger charge is 2.53. The lowest BCUT2D eigenvalue weighted by Crippen LogP contribution is -2.35. The van der Waals surface area contributed by atoms with Crippen LogP contribution >= 0.6 is 0 Å². The molecular formula is C11H20O3. The van der Waals surface area contributed by atoms with Crippen LogP contribution in [0.15, 0.2) is 0 Å². The van der Waals surface area contributed by atoms with Gasteiger partial charge >= 0.3 is 0 Å². The summed E-state index contributed by atoms with van der Waals surface area (Å²) in [5, 5.41) is 10.4. The van der Waals surface area contributed by atoms with Crippen LogP contribution in [0.2, 0.25) is 0 Å². The van der Waals surface area contributed by atoms with Gasteiger partial charge in [0.15, 0.2) is 6.27 Å². The van der Waals surface area contributed by atoms with Crippen molar-refractivity contribution >= 4 is 0 Å². The van der Waals surface area contributed by atoms with Crippen LogP contribution < -0.4 is 0 Å². The fraction of sp³-hybridized carbons (Fsp3) is 1.00. The molecule has 0 aliphatic carbocycles. The summed E-state index contributed by atoms with van der Waals surface area (Å²) in [5.41, 5.74) is -0.882. The topological polar surface area (TPSA) is 38.7 Å². The fourth-order valence-electron chi connectivity index (χ4n) is 1.64. The molecule has 3 heteroatoms. The zero-order valence-corrected chi connectivity index (χ0v) is 8.84. The second kappa shape index (κ2) is 3.19. The Labute approximate surface area is 93.8 Å². The third kappa shape index (κ3) is 1.47. The molecule has 1 N–H and O–H groups in total. The summed E-state index contributed by atoms with van der Waals surface area (Å²) in [5.74, 6) is -3.78. The van der Waals surface area contributed by atoms with Crippen LogP contribution in [0.1, 0.15) is 35.9 Å². The van der Waals surface area contributed by atoms with Crippen LogP contribution in [0, 0.1) is 17.2 Å². The van der Waals surface area contributed by atoms with E-state index in [1.165, 1.54) is 0 Å². The van der Waals surface area contributed by atoms with Crippen LogP contribution in [0.3, 0.4) is 0 Å². The Balaban J connectivity index is 2.72. The number of hydrogen-bond acceptors (Lipinski definition) is 3. The van der Waals surface area contributed by atoms with Gasteiger partial charge in [0, 0.05) is 7.26 Å². The predicted molar refractivity (Wildman–Crippen MR) is 52.7 cm³/mol. The van der Waals surface area contributed by atoms with E-state index >= 15 is 0 Å². The van der Waals surface area contributed by atoms with Gasteiger partial charge in [-0.15, -0.1) is 0 Å². The Morgan fingerprint density at radius 1 is 1.50 bits per heavy atom. The largest absolute Gasteiger partial charge is 0.390 e. The molecule has 2 fully saturated rings. The summed E-state index contributed by atoms with van der Waals surface area (Å²) in [6.07, 6.45) is -7.69. The molecule has 3 nitrogen and oxygen atoms in total. The summed E-state index contributed by atoms with van der Waals surface area (Å²) in [4.78, 5) is 0. The van der Waals surface area contributed by atoms with Gasteiger partial charge in [0.05, 0.1) is 25.6 Å². The van der Waals surface area contributed by atoms with Crippen molar-refractivity contribution in [1.82, 2.24) is 0 Å². The van der Waals surface area contributed by atoms with E-state index in [-0.39, 0.29) is 0 Å². The summed E-state index contributed by atoms with van der Waals surface area (Å²) in [7, 11) is 0. The molecule has 2 aliphatic rings.